The van der Waals surface area contributed by atoms with E-state index in [0.29, 0.717) is 11.9 Å². The van der Waals surface area contributed by atoms with Gasteiger partial charge in [-0.1, -0.05) is 6.07 Å². The Morgan fingerprint density at radius 3 is 2.70 bits per heavy atom. The largest absolute Gasteiger partial charge is 0.433 e. The first-order valence-corrected chi connectivity index (χ1v) is 9.58. The van der Waals surface area contributed by atoms with E-state index in [0.717, 1.165) is 30.2 Å². The molecule has 0 unspecified atom stereocenters. The third-order valence-corrected chi connectivity index (χ3v) is 5.63. The Hall–Kier alpha value is -2.42. The fourth-order valence-electron chi connectivity index (χ4n) is 3.09. The molecule has 3 aromatic heterocycles. The van der Waals surface area contributed by atoms with Crippen LogP contribution >= 0.6 is 11.3 Å². The van der Waals surface area contributed by atoms with E-state index in [9.17, 15) is 18.0 Å². The number of nitrogens with zero attached hydrogens (tertiary/aromatic N) is 3. The molecule has 3 aromatic rings. The highest BCUT2D eigenvalue weighted by Crippen LogP contribution is 2.38. The Kier molecular flexibility index (Phi) is 4.63. The van der Waals surface area contributed by atoms with Crippen LogP contribution in [0.15, 0.2) is 29.6 Å². The monoisotopic (exact) mass is 394 g/mol. The molecule has 0 atom stereocenters. The molecule has 3 heterocycles. The number of carbonyl (C=O) groups is 1. The number of hydrogen-bond acceptors (Lipinski definition) is 4. The molecule has 1 fully saturated rings. The van der Waals surface area contributed by atoms with Crippen LogP contribution in [-0.4, -0.2) is 20.4 Å². The first-order chi connectivity index (χ1) is 12.9. The molecule has 0 bridgehead atoms. The number of aryl methyl sites for hydroxylation is 1. The maximum Gasteiger partial charge on any atom is 0.433 e. The number of halogens is 3. The van der Waals surface area contributed by atoms with E-state index >= 15 is 0 Å². The summed E-state index contributed by atoms with van der Waals surface area (Å²) in [5.74, 6) is 0.0630. The van der Waals surface area contributed by atoms with Crippen molar-refractivity contribution in [2.75, 3.05) is 5.32 Å². The molecule has 1 N–H and O–H groups in total. The van der Waals surface area contributed by atoms with Gasteiger partial charge < -0.3 is 0 Å². The normalized spacial score (nSPS) is 15.1. The summed E-state index contributed by atoms with van der Waals surface area (Å²) < 4.78 is 40.8. The van der Waals surface area contributed by atoms with Gasteiger partial charge in [0.05, 0.1) is 0 Å². The number of nitrogens with one attached hydrogen (secondary N) is 1. The summed E-state index contributed by atoms with van der Waals surface area (Å²) in [7, 11) is 0. The molecule has 142 valence electrons. The van der Waals surface area contributed by atoms with E-state index in [-0.39, 0.29) is 30.0 Å². The second-order valence-electron chi connectivity index (χ2n) is 6.55. The molecule has 1 aliphatic carbocycles. The van der Waals surface area contributed by atoms with E-state index in [4.69, 9.17) is 0 Å². The van der Waals surface area contributed by atoms with Crippen molar-refractivity contribution in [3.05, 3.63) is 40.2 Å². The van der Waals surface area contributed by atoms with Gasteiger partial charge in [-0.05, 0) is 49.3 Å². The number of thiophene rings is 1. The highest BCUT2D eigenvalue weighted by Gasteiger charge is 2.34. The third kappa shape index (κ3) is 3.69. The maximum atomic E-state index is 13.0. The van der Waals surface area contributed by atoms with Crippen LogP contribution in [0.2, 0.25) is 0 Å². The smallest absolute Gasteiger partial charge is 0.296 e. The first kappa shape index (κ1) is 18.0. The fraction of sp³-hybridized carbons (Fsp3) is 0.389. The Labute approximate surface area is 157 Å². The van der Waals surface area contributed by atoms with Crippen molar-refractivity contribution in [2.24, 2.45) is 0 Å². The number of anilines is 1. The summed E-state index contributed by atoms with van der Waals surface area (Å²) in [6, 6.07) is 6.13. The van der Waals surface area contributed by atoms with Gasteiger partial charge in [0.25, 0.3) is 0 Å². The first-order valence-electron chi connectivity index (χ1n) is 8.70. The van der Waals surface area contributed by atoms with Crippen molar-refractivity contribution < 1.29 is 18.0 Å². The Balaban J connectivity index is 1.62. The van der Waals surface area contributed by atoms with Crippen LogP contribution in [-0.2, 0) is 17.4 Å². The number of fused-ring (bicyclic) bond motifs is 1. The zero-order valence-corrected chi connectivity index (χ0v) is 15.1. The van der Waals surface area contributed by atoms with Crippen molar-refractivity contribution in [2.45, 2.75) is 44.3 Å². The summed E-state index contributed by atoms with van der Waals surface area (Å²) in [6.45, 7) is 0. The molecule has 0 aromatic carbocycles. The van der Waals surface area contributed by atoms with Gasteiger partial charge >= 0.3 is 6.18 Å². The summed E-state index contributed by atoms with van der Waals surface area (Å²) in [5.41, 5.74) is -0.433. The topological polar surface area (TPSA) is 59.8 Å². The maximum absolute atomic E-state index is 13.0. The second kappa shape index (κ2) is 6.95. The number of hydrogen-bond donors (Lipinski definition) is 1. The molecule has 1 amide bonds. The van der Waals surface area contributed by atoms with Crippen molar-refractivity contribution in [1.82, 2.24) is 14.5 Å². The molecule has 27 heavy (non-hydrogen) atoms. The molecule has 0 saturated heterocycles. The molecular formula is C18H17F3N4OS. The van der Waals surface area contributed by atoms with Crippen molar-refractivity contribution >= 4 is 34.4 Å². The zero-order chi connectivity index (χ0) is 19.0. The average molecular weight is 394 g/mol. The van der Waals surface area contributed by atoms with E-state index in [1.54, 1.807) is 15.9 Å². The number of aromatic nitrogens is 3. The van der Waals surface area contributed by atoms with Crippen molar-refractivity contribution in [1.29, 1.82) is 0 Å². The number of carbonyl (C=O) groups excluding carboxylic acids is 1. The Bertz CT molecular complexity index is 961. The lowest BCUT2D eigenvalue weighted by Gasteiger charge is -2.28. The highest BCUT2D eigenvalue weighted by molar-refractivity contribution is 7.09. The van der Waals surface area contributed by atoms with E-state index in [2.05, 4.69) is 15.3 Å². The minimum atomic E-state index is -4.52. The standard InChI is InChI=1S/C18H17F3N4OS/c19-18(20,21)14-8-7-13-16(23-14)25(11-3-1-4-11)17(22-13)24-15(26)9-6-12-5-2-10-27-12/h2,5,7-8,10-11H,1,3-4,6,9H2,(H,22,24,26). The van der Waals surface area contributed by atoms with Gasteiger partial charge in [0, 0.05) is 17.3 Å². The van der Waals surface area contributed by atoms with Crippen LogP contribution < -0.4 is 5.32 Å². The minimum Gasteiger partial charge on any atom is -0.296 e. The molecule has 1 aliphatic rings. The van der Waals surface area contributed by atoms with Gasteiger partial charge in [0.15, 0.2) is 5.65 Å². The summed E-state index contributed by atoms with van der Waals surface area (Å²) in [4.78, 5) is 21.6. The number of rotatable bonds is 5. The molecular weight excluding hydrogens is 377 g/mol. The number of imidazole rings is 1. The van der Waals surface area contributed by atoms with Gasteiger partial charge in [0.2, 0.25) is 11.9 Å². The van der Waals surface area contributed by atoms with Crippen molar-refractivity contribution in [3.63, 3.8) is 0 Å². The van der Waals surface area contributed by atoms with Gasteiger partial charge in [-0.15, -0.1) is 11.3 Å². The molecule has 9 heteroatoms. The predicted molar refractivity (Wildman–Crippen MR) is 96.7 cm³/mol. The van der Waals surface area contributed by atoms with Crippen molar-refractivity contribution in [3.8, 4) is 0 Å². The quantitative estimate of drug-likeness (QED) is 0.676. The molecule has 0 spiro atoms. The lowest BCUT2D eigenvalue weighted by molar-refractivity contribution is -0.141. The Morgan fingerprint density at radius 2 is 2.07 bits per heavy atom. The van der Waals surface area contributed by atoms with E-state index in [1.165, 1.54) is 6.07 Å². The SMILES string of the molecule is O=C(CCc1cccs1)Nc1nc2ccc(C(F)(F)F)nc2n1C1CCC1. The Morgan fingerprint density at radius 1 is 1.26 bits per heavy atom. The highest BCUT2D eigenvalue weighted by atomic mass is 32.1. The molecule has 0 radical (unpaired) electrons. The molecule has 5 nitrogen and oxygen atoms in total. The van der Waals surface area contributed by atoms with Crippen LogP contribution in [0, 0.1) is 0 Å². The third-order valence-electron chi connectivity index (χ3n) is 4.70. The predicted octanol–water partition coefficient (Wildman–Crippen LogP) is 4.81. The van der Waals surface area contributed by atoms with Crippen LogP contribution in [0.4, 0.5) is 19.1 Å². The summed E-state index contributed by atoms with van der Waals surface area (Å²) in [6.07, 6.45) is -0.954. The number of alkyl halides is 3. The van der Waals surface area contributed by atoms with E-state index in [1.807, 2.05) is 17.5 Å². The number of pyridine rings is 1. The molecule has 1 saturated carbocycles. The lowest BCUT2D eigenvalue weighted by Crippen LogP contribution is -2.22. The second-order valence-corrected chi connectivity index (χ2v) is 7.59. The van der Waals surface area contributed by atoms with Crippen LogP contribution in [0.1, 0.15) is 42.3 Å². The van der Waals surface area contributed by atoms with Gasteiger partial charge in [0.1, 0.15) is 11.2 Å². The van der Waals surface area contributed by atoms with Crippen LogP contribution in [0.3, 0.4) is 0 Å². The molecule has 0 aliphatic heterocycles. The minimum absolute atomic E-state index is 0.0126. The number of amides is 1. The van der Waals surface area contributed by atoms with Crippen LogP contribution in [0.5, 0.6) is 0 Å². The lowest BCUT2D eigenvalue weighted by atomic mass is 9.93. The summed E-state index contributed by atoms with van der Waals surface area (Å²) >= 11 is 1.58. The van der Waals surface area contributed by atoms with Gasteiger partial charge in [-0.25, -0.2) is 9.97 Å². The average Bonchev–Trinajstić information content (AvgIpc) is 3.19. The van der Waals surface area contributed by atoms with E-state index < -0.39 is 11.9 Å². The van der Waals surface area contributed by atoms with Crippen LogP contribution in [0.25, 0.3) is 11.2 Å². The van der Waals surface area contributed by atoms with Gasteiger partial charge in [-0.2, -0.15) is 13.2 Å². The zero-order valence-electron chi connectivity index (χ0n) is 14.3. The van der Waals surface area contributed by atoms with Gasteiger partial charge in [-0.3, -0.25) is 14.7 Å². The fourth-order valence-corrected chi connectivity index (χ4v) is 3.80. The summed E-state index contributed by atoms with van der Waals surface area (Å²) in [5, 5.41) is 4.72. The molecule has 4 rings (SSSR count).